The molecule has 0 spiro atoms. The second-order valence-corrected chi connectivity index (χ2v) is 9.04. The van der Waals surface area contributed by atoms with Crippen molar-refractivity contribution in [1.82, 2.24) is 15.5 Å². The Hall–Kier alpha value is -1.83. The van der Waals surface area contributed by atoms with Crippen LogP contribution in [0.2, 0.25) is 0 Å². The van der Waals surface area contributed by atoms with Gasteiger partial charge in [-0.2, -0.15) is 0 Å². The molecule has 2 fully saturated rings. The van der Waals surface area contributed by atoms with Crippen molar-refractivity contribution in [3.63, 3.8) is 0 Å². The van der Waals surface area contributed by atoms with E-state index < -0.39 is 0 Å². The van der Waals surface area contributed by atoms with Gasteiger partial charge < -0.3 is 24.8 Å². The Kier molecular flexibility index (Phi) is 8.58. The third-order valence-corrected chi connectivity index (χ3v) is 6.60. The third-order valence-electron chi connectivity index (χ3n) is 6.60. The monoisotopic (exact) mass is 432 g/mol. The maximum absolute atomic E-state index is 5.69. The number of hydrogen-bond donors (Lipinski definition) is 2. The number of morpholine rings is 1. The van der Waals surface area contributed by atoms with E-state index in [4.69, 9.17) is 14.2 Å². The molecule has 0 saturated carbocycles. The first-order chi connectivity index (χ1) is 15.0. The van der Waals surface area contributed by atoms with Crippen molar-refractivity contribution in [2.75, 3.05) is 66.3 Å². The second kappa shape index (κ2) is 11.2. The van der Waals surface area contributed by atoms with Crippen LogP contribution in [0.5, 0.6) is 5.75 Å². The number of aliphatic imine (C=N–C) groups is 1. The average molecular weight is 433 g/mol. The Morgan fingerprint density at radius 3 is 2.32 bits per heavy atom. The molecule has 31 heavy (non-hydrogen) atoms. The molecule has 7 nitrogen and oxygen atoms in total. The number of hydrogen-bond acceptors (Lipinski definition) is 5. The minimum absolute atomic E-state index is 0.0281. The summed E-state index contributed by atoms with van der Waals surface area (Å²) in [7, 11) is 1.84. The number of guanidine groups is 1. The van der Waals surface area contributed by atoms with E-state index in [9.17, 15) is 0 Å². The van der Waals surface area contributed by atoms with Crippen LogP contribution in [-0.2, 0) is 14.9 Å². The molecule has 0 unspecified atom stereocenters. The predicted molar refractivity (Wildman–Crippen MR) is 125 cm³/mol. The highest BCUT2D eigenvalue weighted by Crippen LogP contribution is 2.35. The molecular weight excluding hydrogens is 392 g/mol. The average Bonchev–Trinajstić information content (AvgIpc) is 2.81. The van der Waals surface area contributed by atoms with Gasteiger partial charge in [-0.05, 0) is 51.3 Å². The van der Waals surface area contributed by atoms with Crippen LogP contribution in [0.1, 0.15) is 39.2 Å². The summed E-state index contributed by atoms with van der Waals surface area (Å²) in [6, 6.07) is 8.56. The molecule has 2 heterocycles. The van der Waals surface area contributed by atoms with Crippen molar-refractivity contribution in [3.05, 3.63) is 29.8 Å². The predicted octanol–water partition coefficient (Wildman–Crippen LogP) is 2.41. The van der Waals surface area contributed by atoms with Gasteiger partial charge in [-0.15, -0.1) is 0 Å². The first-order valence-corrected chi connectivity index (χ1v) is 11.6. The summed E-state index contributed by atoms with van der Waals surface area (Å²) in [6.07, 6.45) is 1.98. The van der Waals surface area contributed by atoms with Gasteiger partial charge >= 0.3 is 0 Å². The Balaban J connectivity index is 1.61. The van der Waals surface area contributed by atoms with E-state index in [1.165, 1.54) is 5.56 Å². The summed E-state index contributed by atoms with van der Waals surface area (Å²) >= 11 is 0. The van der Waals surface area contributed by atoms with Crippen LogP contribution in [0.15, 0.2) is 29.3 Å². The van der Waals surface area contributed by atoms with Crippen LogP contribution in [0, 0.1) is 0 Å². The molecule has 2 aliphatic heterocycles. The lowest BCUT2D eigenvalue weighted by molar-refractivity contribution is -0.00835. The summed E-state index contributed by atoms with van der Waals surface area (Å²) in [4.78, 5) is 6.97. The van der Waals surface area contributed by atoms with Gasteiger partial charge in [0.15, 0.2) is 5.96 Å². The number of nitrogens with one attached hydrogen (secondary N) is 2. The van der Waals surface area contributed by atoms with Crippen molar-refractivity contribution in [2.45, 2.75) is 44.6 Å². The molecule has 2 saturated heterocycles. The first-order valence-electron chi connectivity index (χ1n) is 11.6. The first kappa shape index (κ1) is 23.8. The van der Waals surface area contributed by atoms with E-state index >= 15 is 0 Å². The summed E-state index contributed by atoms with van der Waals surface area (Å²) in [5, 5.41) is 7.15. The molecule has 7 heteroatoms. The molecule has 2 aliphatic rings. The zero-order valence-electron chi connectivity index (χ0n) is 19.7. The van der Waals surface area contributed by atoms with E-state index in [2.05, 4.69) is 58.6 Å². The van der Waals surface area contributed by atoms with Crippen LogP contribution >= 0.6 is 0 Å². The minimum Gasteiger partial charge on any atom is -0.494 e. The van der Waals surface area contributed by atoms with Crippen LogP contribution in [-0.4, -0.2) is 82.7 Å². The van der Waals surface area contributed by atoms with Gasteiger partial charge in [-0.1, -0.05) is 12.1 Å². The van der Waals surface area contributed by atoms with E-state index in [0.717, 1.165) is 77.2 Å². The Labute approximate surface area is 187 Å². The fourth-order valence-electron chi connectivity index (χ4n) is 4.46. The van der Waals surface area contributed by atoms with E-state index in [1.54, 1.807) is 0 Å². The van der Waals surface area contributed by atoms with Gasteiger partial charge in [0.05, 0.1) is 19.8 Å². The smallest absolute Gasteiger partial charge is 0.191 e. The molecule has 0 radical (unpaired) electrons. The van der Waals surface area contributed by atoms with Gasteiger partial charge in [0.1, 0.15) is 5.75 Å². The molecule has 2 N–H and O–H groups in total. The fraction of sp³-hybridized carbons (Fsp3) is 0.708. The number of ether oxygens (including phenoxy) is 3. The van der Waals surface area contributed by atoms with Crippen molar-refractivity contribution in [1.29, 1.82) is 0 Å². The lowest BCUT2D eigenvalue weighted by Crippen LogP contribution is -2.57. The summed E-state index contributed by atoms with van der Waals surface area (Å²) in [6.45, 7) is 14.0. The zero-order valence-corrected chi connectivity index (χ0v) is 19.7. The molecule has 0 aromatic heterocycles. The maximum atomic E-state index is 5.69. The topological polar surface area (TPSA) is 67.4 Å². The molecule has 0 aliphatic carbocycles. The maximum Gasteiger partial charge on any atom is 0.191 e. The van der Waals surface area contributed by atoms with E-state index in [-0.39, 0.29) is 11.0 Å². The fourth-order valence-corrected chi connectivity index (χ4v) is 4.46. The van der Waals surface area contributed by atoms with Crippen LogP contribution in [0.3, 0.4) is 0 Å². The Morgan fingerprint density at radius 2 is 1.71 bits per heavy atom. The van der Waals surface area contributed by atoms with Crippen LogP contribution in [0.25, 0.3) is 0 Å². The molecule has 0 amide bonds. The SMILES string of the molecule is CCOc1ccc(C2(CNC(=NC)NCC(C)(C)N3CCOCC3)CCOCC2)cc1. The van der Waals surface area contributed by atoms with Gasteiger partial charge in [0.2, 0.25) is 0 Å². The van der Waals surface area contributed by atoms with Crippen LogP contribution < -0.4 is 15.4 Å². The molecular formula is C24H40N4O3. The van der Waals surface area contributed by atoms with Gasteiger partial charge in [-0.3, -0.25) is 9.89 Å². The normalized spacial score (nSPS) is 20.3. The van der Waals surface area contributed by atoms with Crippen molar-refractivity contribution in [3.8, 4) is 5.75 Å². The number of benzene rings is 1. The quantitative estimate of drug-likeness (QED) is 0.486. The van der Waals surface area contributed by atoms with Gasteiger partial charge in [0, 0.05) is 57.4 Å². The van der Waals surface area contributed by atoms with Crippen molar-refractivity contribution in [2.24, 2.45) is 4.99 Å². The standard InChI is InChI=1S/C24H40N4O3/c1-5-31-21-8-6-20(7-9-21)24(10-14-29-15-11-24)19-27-22(25-4)26-18-23(2,3)28-12-16-30-17-13-28/h6-9H,5,10-19H2,1-4H3,(H2,25,26,27). The zero-order chi connectivity index (χ0) is 22.2. The minimum atomic E-state index is 0.0281. The molecule has 174 valence electrons. The molecule has 3 rings (SSSR count). The van der Waals surface area contributed by atoms with Crippen LogP contribution in [0.4, 0.5) is 0 Å². The van der Waals surface area contributed by atoms with Crippen molar-refractivity contribution < 1.29 is 14.2 Å². The number of rotatable bonds is 8. The summed E-state index contributed by atoms with van der Waals surface area (Å²) in [5.74, 6) is 1.77. The highest BCUT2D eigenvalue weighted by atomic mass is 16.5. The highest BCUT2D eigenvalue weighted by Gasteiger charge is 2.35. The van der Waals surface area contributed by atoms with E-state index in [1.807, 2.05) is 14.0 Å². The molecule has 1 aromatic carbocycles. The van der Waals surface area contributed by atoms with Crippen molar-refractivity contribution >= 4 is 5.96 Å². The number of nitrogens with zero attached hydrogens (tertiary/aromatic N) is 2. The molecule has 1 aromatic rings. The molecule has 0 atom stereocenters. The van der Waals surface area contributed by atoms with Gasteiger partial charge in [-0.25, -0.2) is 0 Å². The Morgan fingerprint density at radius 1 is 1.06 bits per heavy atom. The molecule has 0 bridgehead atoms. The third kappa shape index (κ3) is 6.34. The van der Waals surface area contributed by atoms with E-state index in [0.29, 0.717) is 6.61 Å². The lowest BCUT2D eigenvalue weighted by atomic mass is 9.74. The highest BCUT2D eigenvalue weighted by molar-refractivity contribution is 5.79. The summed E-state index contributed by atoms with van der Waals surface area (Å²) < 4.78 is 16.8. The largest absolute Gasteiger partial charge is 0.494 e. The summed E-state index contributed by atoms with van der Waals surface area (Å²) in [5.41, 5.74) is 1.39. The second-order valence-electron chi connectivity index (χ2n) is 9.04. The Bertz CT molecular complexity index is 693. The van der Waals surface area contributed by atoms with Gasteiger partial charge in [0.25, 0.3) is 0 Å². The lowest BCUT2D eigenvalue weighted by Gasteiger charge is -2.41.